The van der Waals surface area contributed by atoms with Crippen LogP contribution in [0, 0.1) is 0 Å². The Labute approximate surface area is 299 Å². The van der Waals surface area contributed by atoms with Gasteiger partial charge in [-0.3, -0.25) is 4.79 Å². The molecule has 0 saturated carbocycles. The van der Waals surface area contributed by atoms with E-state index in [-0.39, 0.29) is 12.5 Å². The number of rotatable bonds is 33. The second-order valence-electron chi connectivity index (χ2n) is 14.4. The van der Waals surface area contributed by atoms with Crippen LogP contribution in [0.1, 0.15) is 181 Å². The van der Waals surface area contributed by atoms with Gasteiger partial charge in [0.25, 0.3) is 0 Å². The van der Waals surface area contributed by atoms with Crippen molar-refractivity contribution in [2.45, 2.75) is 224 Å². The summed E-state index contributed by atoms with van der Waals surface area (Å²) in [7, 11) is 0. The number of amides is 1. The minimum absolute atomic E-state index is 0.177. The van der Waals surface area contributed by atoms with Gasteiger partial charge in [0.1, 0.15) is 24.4 Å². The molecule has 1 amide bonds. The van der Waals surface area contributed by atoms with Crippen molar-refractivity contribution in [2.75, 3.05) is 13.2 Å². The number of carbonyl (C=O) groups is 1. The van der Waals surface area contributed by atoms with Gasteiger partial charge in [-0.25, -0.2) is 0 Å². The topological polar surface area (TPSA) is 149 Å². The Morgan fingerprint density at radius 3 is 1.59 bits per heavy atom. The summed E-state index contributed by atoms with van der Waals surface area (Å²) in [6, 6.07) is -0.796. The molecule has 290 valence electrons. The first-order chi connectivity index (χ1) is 23.8. The Balaban J connectivity index is 2.40. The average Bonchev–Trinajstić information content (AvgIpc) is 3.10. The second-order valence-corrected chi connectivity index (χ2v) is 14.4. The fourth-order valence-electron chi connectivity index (χ4n) is 6.51. The van der Waals surface area contributed by atoms with Crippen LogP contribution in [0.3, 0.4) is 0 Å². The first-order valence-corrected chi connectivity index (χ1v) is 20.4. The number of unbranched alkanes of at least 4 members (excludes halogenated alkanes) is 23. The van der Waals surface area contributed by atoms with E-state index in [4.69, 9.17) is 9.47 Å². The lowest BCUT2D eigenvalue weighted by atomic mass is 9.99. The lowest BCUT2D eigenvalue weighted by molar-refractivity contribution is -0.302. The summed E-state index contributed by atoms with van der Waals surface area (Å²) in [5.41, 5.74) is 0. The maximum absolute atomic E-state index is 12.9. The molecule has 0 aromatic rings. The monoisotopic (exact) mass is 700 g/mol. The number of hydrogen-bond acceptors (Lipinski definition) is 8. The van der Waals surface area contributed by atoms with Crippen LogP contribution in [0.5, 0.6) is 0 Å². The number of aliphatic hydroxyl groups excluding tert-OH is 5. The predicted molar refractivity (Wildman–Crippen MR) is 198 cm³/mol. The largest absolute Gasteiger partial charge is 0.394 e. The van der Waals surface area contributed by atoms with Crippen LogP contribution in [0.15, 0.2) is 12.2 Å². The summed E-state index contributed by atoms with van der Waals surface area (Å²) < 4.78 is 11.2. The minimum Gasteiger partial charge on any atom is -0.394 e. The molecule has 0 bridgehead atoms. The number of aliphatic hydroxyl groups is 5. The van der Waals surface area contributed by atoms with Crippen molar-refractivity contribution in [3.05, 3.63) is 12.2 Å². The zero-order valence-corrected chi connectivity index (χ0v) is 31.5. The van der Waals surface area contributed by atoms with E-state index in [2.05, 4.69) is 19.2 Å². The Morgan fingerprint density at radius 2 is 1.12 bits per heavy atom. The smallest absolute Gasteiger partial charge is 0.220 e. The third-order valence-electron chi connectivity index (χ3n) is 9.86. The highest BCUT2D eigenvalue weighted by molar-refractivity contribution is 5.76. The van der Waals surface area contributed by atoms with Crippen molar-refractivity contribution in [1.29, 1.82) is 0 Å². The Hall–Kier alpha value is -1.07. The molecule has 1 heterocycles. The van der Waals surface area contributed by atoms with Gasteiger partial charge in [-0.15, -0.1) is 0 Å². The molecule has 7 unspecified atom stereocenters. The van der Waals surface area contributed by atoms with Crippen molar-refractivity contribution in [2.24, 2.45) is 0 Å². The lowest BCUT2D eigenvalue weighted by Crippen LogP contribution is -2.60. The summed E-state index contributed by atoms with van der Waals surface area (Å²) in [6.07, 6.45) is 26.8. The average molecular weight is 700 g/mol. The quantitative estimate of drug-likeness (QED) is 0.0307. The summed E-state index contributed by atoms with van der Waals surface area (Å²) in [5.74, 6) is -0.177. The third kappa shape index (κ3) is 23.2. The molecule has 0 aromatic heterocycles. The van der Waals surface area contributed by atoms with Crippen molar-refractivity contribution < 1.29 is 39.8 Å². The summed E-state index contributed by atoms with van der Waals surface area (Å²) in [5, 5.41) is 53.9. The minimum atomic E-state index is -1.56. The van der Waals surface area contributed by atoms with E-state index in [0.717, 1.165) is 38.5 Å². The van der Waals surface area contributed by atoms with E-state index >= 15 is 0 Å². The number of carbonyl (C=O) groups excluding carboxylic acids is 1. The Morgan fingerprint density at radius 1 is 0.673 bits per heavy atom. The highest BCUT2D eigenvalue weighted by atomic mass is 16.7. The van der Waals surface area contributed by atoms with Crippen LogP contribution in [-0.2, 0) is 14.3 Å². The molecule has 9 heteroatoms. The number of nitrogens with one attached hydrogen (secondary N) is 1. The molecule has 9 nitrogen and oxygen atoms in total. The van der Waals surface area contributed by atoms with Crippen LogP contribution in [0.25, 0.3) is 0 Å². The summed E-state index contributed by atoms with van der Waals surface area (Å²) in [4.78, 5) is 12.9. The van der Waals surface area contributed by atoms with Crippen LogP contribution in [0.2, 0.25) is 0 Å². The third-order valence-corrected chi connectivity index (χ3v) is 9.86. The fraction of sp³-hybridized carbons (Fsp3) is 0.925. The standard InChI is InChI=1S/C40H77NO8/c1-3-5-7-9-11-13-15-16-17-18-20-22-24-26-28-30-36(44)41-33(32-48-40-39(47)38(46)37(45)35(31-42)49-40)34(43)29-27-25-23-21-19-14-12-10-8-6-4-2/h27,29,33-35,37-40,42-43,45-47H,3-26,28,30-32H2,1-2H3,(H,41,44)/b29-27+. The molecule has 49 heavy (non-hydrogen) atoms. The molecule has 1 aliphatic heterocycles. The van der Waals surface area contributed by atoms with Gasteiger partial charge in [0.2, 0.25) is 5.91 Å². The highest BCUT2D eigenvalue weighted by Gasteiger charge is 2.44. The number of hydrogen-bond donors (Lipinski definition) is 6. The normalized spacial score (nSPS) is 22.5. The first kappa shape index (κ1) is 46.0. The highest BCUT2D eigenvalue weighted by Crippen LogP contribution is 2.22. The van der Waals surface area contributed by atoms with Crippen molar-refractivity contribution in [3.8, 4) is 0 Å². The molecule has 1 saturated heterocycles. The molecular formula is C40H77NO8. The molecule has 7 atom stereocenters. The molecule has 6 N–H and O–H groups in total. The molecular weight excluding hydrogens is 622 g/mol. The molecule has 1 rings (SSSR count). The van der Waals surface area contributed by atoms with Gasteiger partial charge in [0.15, 0.2) is 6.29 Å². The van der Waals surface area contributed by atoms with Crippen molar-refractivity contribution in [3.63, 3.8) is 0 Å². The van der Waals surface area contributed by atoms with E-state index < -0.39 is 49.5 Å². The van der Waals surface area contributed by atoms with Gasteiger partial charge in [0.05, 0.1) is 25.4 Å². The molecule has 0 spiro atoms. The van der Waals surface area contributed by atoms with Gasteiger partial charge in [-0.1, -0.05) is 167 Å². The molecule has 1 fully saturated rings. The number of ether oxygens (including phenoxy) is 2. The summed E-state index contributed by atoms with van der Waals surface area (Å²) >= 11 is 0. The second kappa shape index (κ2) is 31.6. The summed E-state index contributed by atoms with van der Waals surface area (Å²) in [6.45, 7) is 3.75. The van der Waals surface area contributed by atoms with Crippen LogP contribution in [-0.4, -0.2) is 87.5 Å². The maximum atomic E-state index is 12.9. The van der Waals surface area contributed by atoms with Gasteiger partial charge < -0.3 is 40.3 Å². The van der Waals surface area contributed by atoms with Gasteiger partial charge in [0, 0.05) is 6.42 Å². The van der Waals surface area contributed by atoms with Crippen molar-refractivity contribution >= 4 is 5.91 Å². The number of allylic oxidation sites excluding steroid dienone is 1. The Kier molecular flexibility index (Phi) is 29.7. The first-order valence-electron chi connectivity index (χ1n) is 20.4. The van der Waals surface area contributed by atoms with E-state index in [1.165, 1.54) is 122 Å². The molecule has 0 aliphatic carbocycles. The molecule has 1 aliphatic rings. The lowest BCUT2D eigenvalue weighted by Gasteiger charge is -2.40. The van der Waals surface area contributed by atoms with E-state index in [1.54, 1.807) is 6.08 Å². The zero-order valence-electron chi connectivity index (χ0n) is 31.5. The van der Waals surface area contributed by atoms with Gasteiger partial charge >= 0.3 is 0 Å². The van der Waals surface area contributed by atoms with E-state index in [1.807, 2.05) is 6.08 Å². The molecule has 0 radical (unpaired) electrons. The SMILES string of the molecule is CCCCCCCCCCC/C=C/C(O)C(COC1OC(CO)C(O)C(O)C1O)NC(=O)CCCCCCCCCCCCCCCCC. The van der Waals surface area contributed by atoms with Crippen LogP contribution in [0.4, 0.5) is 0 Å². The predicted octanol–water partition coefficient (Wildman–Crippen LogP) is 7.39. The fourth-order valence-corrected chi connectivity index (χ4v) is 6.51. The maximum Gasteiger partial charge on any atom is 0.220 e. The van der Waals surface area contributed by atoms with Crippen LogP contribution < -0.4 is 5.32 Å². The van der Waals surface area contributed by atoms with Crippen molar-refractivity contribution in [1.82, 2.24) is 5.32 Å². The van der Waals surface area contributed by atoms with E-state index in [9.17, 15) is 30.3 Å². The molecule has 0 aromatic carbocycles. The van der Waals surface area contributed by atoms with Crippen LogP contribution >= 0.6 is 0 Å². The zero-order chi connectivity index (χ0) is 36.0. The van der Waals surface area contributed by atoms with E-state index in [0.29, 0.717) is 6.42 Å². The van der Waals surface area contributed by atoms with Gasteiger partial charge in [-0.2, -0.15) is 0 Å². The van der Waals surface area contributed by atoms with Gasteiger partial charge in [-0.05, 0) is 19.3 Å². The Bertz CT molecular complexity index is 781.